The lowest BCUT2D eigenvalue weighted by Crippen LogP contribution is -2.47. The number of carbonyl (C=O) groups excluding carboxylic acids is 2. The van der Waals surface area contributed by atoms with E-state index < -0.39 is 12.0 Å². The van der Waals surface area contributed by atoms with Crippen LogP contribution >= 0.6 is 11.6 Å². The molecule has 108 valence electrons. The highest BCUT2D eigenvalue weighted by Crippen LogP contribution is 2.28. The number of amides is 2. The number of rotatable bonds is 4. The van der Waals surface area contributed by atoms with Crippen molar-refractivity contribution in [3.8, 4) is 5.75 Å². The number of aryl methyl sites for hydroxylation is 1. The van der Waals surface area contributed by atoms with Gasteiger partial charge < -0.3 is 4.74 Å². The number of benzene rings is 1. The van der Waals surface area contributed by atoms with E-state index >= 15 is 0 Å². The van der Waals surface area contributed by atoms with Crippen LogP contribution in [0.25, 0.3) is 0 Å². The standard InChI is InChI=1S/C14H17ClN2O3/c1-8-7-11(15)5-6-12(8)20-9(2)13(18)16-17-14(19)10-3-4-10/h5-7,9-10H,3-4H2,1-2H3,(H,16,18)(H,17,19). The van der Waals surface area contributed by atoms with Gasteiger partial charge in [0.05, 0.1) is 0 Å². The Hall–Kier alpha value is -1.75. The van der Waals surface area contributed by atoms with E-state index in [1.54, 1.807) is 25.1 Å². The van der Waals surface area contributed by atoms with Gasteiger partial charge in [-0.3, -0.25) is 20.4 Å². The molecule has 0 bridgehead atoms. The Balaban J connectivity index is 1.85. The number of carbonyl (C=O) groups is 2. The molecule has 2 rings (SSSR count). The molecule has 0 saturated heterocycles. The average Bonchev–Trinajstić information content (AvgIpc) is 3.23. The van der Waals surface area contributed by atoms with Crippen molar-refractivity contribution in [3.63, 3.8) is 0 Å². The van der Waals surface area contributed by atoms with Gasteiger partial charge in [0.25, 0.3) is 5.91 Å². The van der Waals surface area contributed by atoms with Gasteiger partial charge in [-0.1, -0.05) is 11.6 Å². The van der Waals surface area contributed by atoms with Crippen molar-refractivity contribution in [2.45, 2.75) is 32.8 Å². The highest BCUT2D eigenvalue weighted by molar-refractivity contribution is 6.30. The summed E-state index contributed by atoms with van der Waals surface area (Å²) >= 11 is 5.85. The lowest BCUT2D eigenvalue weighted by molar-refractivity contribution is -0.133. The number of nitrogens with one attached hydrogen (secondary N) is 2. The van der Waals surface area contributed by atoms with Crippen LogP contribution in [-0.2, 0) is 9.59 Å². The summed E-state index contributed by atoms with van der Waals surface area (Å²) < 4.78 is 5.55. The number of ether oxygens (including phenoxy) is 1. The molecule has 1 saturated carbocycles. The number of hydrazine groups is 1. The van der Waals surface area contributed by atoms with Crippen molar-refractivity contribution in [3.05, 3.63) is 28.8 Å². The highest BCUT2D eigenvalue weighted by atomic mass is 35.5. The van der Waals surface area contributed by atoms with E-state index in [1.807, 2.05) is 6.92 Å². The van der Waals surface area contributed by atoms with E-state index in [2.05, 4.69) is 10.9 Å². The Labute approximate surface area is 122 Å². The summed E-state index contributed by atoms with van der Waals surface area (Å²) in [7, 11) is 0. The van der Waals surface area contributed by atoms with E-state index in [9.17, 15) is 9.59 Å². The van der Waals surface area contributed by atoms with Crippen LogP contribution in [0.4, 0.5) is 0 Å². The second-order valence-electron chi connectivity index (χ2n) is 4.92. The first kappa shape index (κ1) is 14.7. The summed E-state index contributed by atoms with van der Waals surface area (Å²) in [6.07, 6.45) is 1.06. The molecule has 1 aliphatic carbocycles. The Kier molecular flexibility index (Phi) is 4.49. The van der Waals surface area contributed by atoms with Crippen molar-refractivity contribution in [1.29, 1.82) is 0 Å². The topological polar surface area (TPSA) is 67.4 Å². The van der Waals surface area contributed by atoms with E-state index in [4.69, 9.17) is 16.3 Å². The van der Waals surface area contributed by atoms with Crippen molar-refractivity contribution < 1.29 is 14.3 Å². The number of hydrogen-bond acceptors (Lipinski definition) is 3. The number of hydrogen-bond donors (Lipinski definition) is 2. The largest absolute Gasteiger partial charge is 0.481 e. The van der Waals surface area contributed by atoms with Crippen LogP contribution in [0.3, 0.4) is 0 Å². The maximum absolute atomic E-state index is 11.8. The normalized spacial score (nSPS) is 15.3. The minimum absolute atomic E-state index is 0.0463. The van der Waals surface area contributed by atoms with E-state index in [-0.39, 0.29) is 11.8 Å². The Bertz CT molecular complexity index is 529. The Morgan fingerprint density at radius 3 is 2.65 bits per heavy atom. The zero-order valence-electron chi connectivity index (χ0n) is 11.4. The van der Waals surface area contributed by atoms with Crippen LogP contribution in [0.15, 0.2) is 18.2 Å². The fraction of sp³-hybridized carbons (Fsp3) is 0.429. The Morgan fingerprint density at radius 1 is 1.35 bits per heavy atom. The molecule has 0 spiro atoms. The monoisotopic (exact) mass is 296 g/mol. The summed E-state index contributed by atoms with van der Waals surface area (Å²) in [4.78, 5) is 23.2. The van der Waals surface area contributed by atoms with Crippen LogP contribution in [0, 0.1) is 12.8 Å². The van der Waals surface area contributed by atoms with Crippen LogP contribution in [0.5, 0.6) is 5.75 Å². The first-order chi connectivity index (χ1) is 9.47. The van der Waals surface area contributed by atoms with Gasteiger partial charge in [0, 0.05) is 10.9 Å². The van der Waals surface area contributed by atoms with Crippen LogP contribution in [0.2, 0.25) is 5.02 Å². The van der Waals surface area contributed by atoms with Gasteiger partial charge in [-0.15, -0.1) is 0 Å². The van der Waals surface area contributed by atoms with E-state index in [1.165, 1.54) is 0 Å². The first-order valence-corrected chi connectivity index (χ1v) is 6.87. The average molecular weight is 297 g/mol. The summed E-state index contributed by atoms with van der Waals surface area (Å²) in [6, 6.07) is 5.17. The molecule has 0 heterocycles. The second kappa shape index (κ2) is 6.13. The summed E-state index contributed by atoms with van der Waals surface area (Å²) in [5.41, 5.74) is 5.61. The minimum atomic E-state index is -0.714. The van der Waals surface area contributed by atoms with E-state index in [0.29, 0.717) is 10.8 Å². The quantitative estimate of drug-likeness (QED) is 0.835. The van der Waals surface area contributed by atoms with Crippen molar-refractivity contribution in [2.24, 2.45) is 5.92 Å². The molecule has 0 radical (unpaired) electrons. The second-order valence-corrected chi connectivity index (χ2v) is 5.36. The van der Waals surface area contributed by atoms with Crippen LogP contribution < -0.4 is 15.6 Å². The Morgan fingerprint density at radius 2 is 2.05 bits per heavy atom. The predicted molar refractivity (Wildman–Crippen MR) is 75.3 cm³/mol. The van der Waals surface area contributed by atoms with Crippen LogP contribution in [0.1, 0.15) is 25.3 Å². The molecule has 0 aliphatic heterocycles. The van der Waals surface area contributed by atoms with Gasteiger partial charge in [0.2, 0.25) is 5.91 Å². The molecule has 2 N–H and O–H groups in total. The zero-order chi connectivity index (χ0) is 14.7. The van der Waals surface area contributed by atoms with Crippen molar-refractivity contribution >= 4 is 23.4 Å². The summed E-state index contributed by atoms with van der Waals surface area (Å²) in [5, 5.41) is 0.614. The molecule has 1 aromatic rings. The third-order valence-electron chi connectivity index (χ3n) is 3.07. The zero-order valence-corrected chi connectivity index (χ0v) is 12.2. The lowest BCUT2D eigenvalue weighted by atomic mass is 10.2. The fourth-order valence-electron chi connectivity index (χ4n) is 1.66. The molecule has 1 fully saturated rings. The smallest absolute Gasteiger partial charge is 0.279 e. The minimum Gasteiger partial charge on any atom is -0.481 e. The molecule has 1 aliphatic rings. The maximum atomic E-state index is 11.8. The molecular weight excluding hydrogens is 280 g/mol. The summed E-state index contributed by atoms with van der Waals surface area (Å²) in [6.45, 7) is 3.47. The fourth-order valence-corrected chi connectivity index (χ4v) is 1.89. The third kappa shape index (κ3) is 3.87. The molecule has 6 heteroatoms. The van der Waals surface area contributed by atoms with Gasteiger partial charge in [0.15, 0.2) is 6.10 Å². The first-order valence-electron chi connectivity index (χ1n) is 6.50. The van der Waals surface area contributed by atoms with Gasteiger partial charge in [-0.05, 0) is 50.5 Å². The van der Waals surface area contributed by atoms with Gasteiger partial charge in [-0.2, -0.15) is 0 Å². The molecule has 5 nitrogen and oxygen atoms in total. The van der Waals surface area contributed by atoms with Gasteiger partial charge in [-0.25, -0.2) is 0 Å². The van der Waals surface area contributed by atoms with Crippen molar-refractivity contribution in [1.82, 2.24) is 10.9 Å². The van der Waals surface area contributed by atoms with Crippen LogP contribution in [-0.4, -0.2) is 17.9 Å². The summed E-state index contributed by atoms with van der Waals surface area (Å²) in [5.74, 6) is 0.0946. The number of halogens is 1. The molecule has 1 aromatic carbocycles. The van der Waals surface area contributed by atoms with Gasteiger partial charge in [0.1, 0.15) is 5.75 Å². The predicted octanol–water partition coefficient (Wildman–Crippen LogP) is 1.97. The molecule has 1 atom stereocenters. The molecule has 20 heavy (non-hydrogen) atoms. The molecule has 2 amide bonds. The lowest BCUT2D eigenvalue weighted by Gasteiger charge is -2.16. The third-order valence-corrected chi connectivity index (χ3v) is 3.30. The van der Waals surface area contributed by atoms with Crippen molar-refractivity contribution in [2.75, 3.05) is 0 Å². The van der Waals surface area contributed by atoms with Gasteiger partial charge >= 0.3 is 0 Å². The SMILES string of the molecule is Cc1cc(Cl)ccc1OC(C)C(=O)NNC(=O)C1CC1. The molecule has 0 aromatic heterocycles. The maximum Gasteiger partial charge on any atom is 0.279 e. The van der Waals surface area contributed by atoms with E-state index in [0.717, 1.165) is 18.4 Å². The molecular formula is C14H17ClN2O3. The molecule has 1 unspecified atom stereocenters. The highest BCUT2D eigenvalue weighted by Gasteiger charge is 2.30.